The Morgan fingerprint density at radius 3 is 2.52 bits per heavy atom. The Morgan fingerprint density at radius 2 is 1.74 bits per heavy atom. The summed E-state index contributed by atoms with van der Waals surface area (Å²) in [5, 5.41) is 11.1. The van der Waals surface area contributed by atoms with Crippen LogP contribution in [-0.2, 0) is 32.0 Å². The second kappa shape index (κ2) is 11.8. The van der Waals surface area contributed by atoms with Gasteiger partial charge in [-0.15, -0.1) is 0 Å². The van der Waals surface area contributed by atoms with Crippen LogP contribution in [0.1, 0.15) is 12.6 Å². The van der Waals surface area contributed by atoms with Crippen molar-refractivity contribution in [3.8, 4) is 0 Å². The van der Waals surface area contributed by atoms with Crippen molar-refractivity contribution in [2.75, 3.05) is 31.3 Å². The lowest BCUT2D eigenvalue weighted by molar-refractivity contribution is 0.0000386. The molecule has 24 heteroatoms. The number of anilines is 2. The summed E-state index contributed by atoms with van der Waals surface area (Å²) in [4.78, 5) is 56.0. The third-order valence-corrected chi connectivity index (χ3v) is 8.80. The summed E-state index contributed by atoms with van der Waals surface area (Å²) in [7, 11) is -9.88. The lowest BCUT2D eigenvalue weighted by Crippen LogP contribution is -2.38. The van der Waals surface area contributed by atoms with Gasteiger partial charge >= 0.3 is 15.6 Å². The van der Waals surface area contributed by atoms with Gasteiger partial charge in [0.25, 0.3) is 5.56 Å². The summed E-state index contributed by atoms with van der Waals surface area (Å²) in [5.41, 5.74) is 17.4. The van der Waals surface area contributed by atoms with Gasteiger partial charge in [0.15, 0.2) is 34.6 Å². The number of nitrogens with one attached hydrogen (secondary N) is 1. The van der Waals surface area contributed by atoms with Gasteiger partial charge in [-0.2, -0.15) is 4.98 Å². The average Bonchev–Trinajstić information content (AvgIpc) is 3.69. The highest BCUT2D eigenvalue weighted by atomic mass is 31.2. The van der Waals surface area contributed by atoms with Crippen LogP contribution < -0.4 is 22.8 Å². The highest BCUT2D eigenvalue weighted by Gasteiger charge is 2.42. The first-order chi connectivity index (χ1) is 21.7. The minimum Gasteiger partial charge on any atom is -0.471 e. The van der Waals surface area contributed by atoms with E-state index in [1.807, 2.05) is 0 Å². The van der Waals surface area contributed by atoms with Crippen LogP contribution in [-0.4, -0.2) is 85.9 Å². The van der Waals surface area contributed by atoms with Crippen molar-refractivity contribution in [2.45, 2.75) is 24.8 Å². The zero-order valence-corrected chi connectivity index (χ0v) is 25.2. The first-order valence-corrected chi connectivity index (χ1v) is 16.2. The molecule has 4 aromatic heterocycles. The van der Waals surface area contributed by atoms with Crippen molar-refractivity contribution in [3.63, 3.8) is 0 Å². The summed E-state index contributed by atoms with van der Waals surface area (Å²) in [6.07, 6.45) is 0.438. The molecule has 4 aromatic rings. The number of nitrogens with zero attached hydrogens (tertiary/aromatic N) is 7. The summed E-state index contributed by atoms with van der Waals surface area (Å²) in [6, 6.07) is -1.23. The van der Waals surface area contributed by atoms with Crippen molar-refractivity contribution in [1.29, 1.82) is 0 Å². The van der Waals surface area contributed by atoms with Gasteiger partial charge in [-0.3, -0.25) is 37.4 Å². The molecule has 0 aromatic carbocycles. The van der Waals surface area contributed by atoms with Crippen LogP contribution in [0.5, 0.6) is 0 Å². The maximum Gasteiger partial charge on any atom is 0.527 e. The Kier molecular flexibility index (Phi) is 8.17. The van der Waals surface area contributed by atoms with E-state index in [1.165, 1.54) is 21.8 Å². The first kappa shape index (κ1) is 31.7. The number of allylic oxidation sites excluding steroid dienone is 1. The maximum atomic E-state index is 13.1. The molecule has 6 atom stereocenters. The number of hydrogen-bond donors (Lipinski definition) is 7. The lowest BCUT2D eigenvalue weighted by Gasteiger charge is -2.28. The molecule has 1 aliphatic heterocycles. The first-order valence-electron chi connectivity index (χ1n) is 13.2. The number of aromatic nitrogens is 8. The number of nitrogens with two attached hydrogens (primary N) is 3. The number of nitrogen functional groups attached to an aromatic ring is 2. The molecule has 0 spiro atoms. The predicted octanol–water partition coefficient (Wildman–Crippen LogP) is -0.690. The van der Waals surface area contributed by atoms with Gasteiger partial charge in [-0.05, 0) is 6.42 Å². The number of ether oxygens (including phenoxy) is 1. The van der Waals surface area contributed by atoms with E-state index < -0.39 is 71.1 Å². The summed E-state index contributed by atoms with van der Waals surface area (Å²) < 4.78 is 55.1. The number of rotatable bonds is 2. The number of imidazole rings is 2. The van der Waals surface area contributed by atoms with Crippen LogP contribution in [0, 0.1) is 5.92 Å². The van der Waals surface area contributed by atoms with Crippen LogP contribution in [0.15, 0.2) is 41.9 Å². The fourth-order valence-corrected chi connectivity index (χ4v) is 6.49. The maximum absolute atomic E-state index is 13.1. The Balaban J connectivity index is 1.35. The molecule has 0 amide bonds. The number of aliphatic hydroxyl groups is 1. The normalized spacial score (nSPS) is 30.0. The van der Waals surface area contributed by atoms with E-state index in [0.717, 1.165) is 6.33 Å². The summed E-state index contributed by atoms with van der Waals surface area (Å²) in [5.74, 6) is -1.99. The van der Waals surface area contributed by atoms with Gasteiger partial charge in [0, 0.05) is 5.92 Å². The Morgan fingerprint density at radius 1 is 1.00 bits per heavy atom. The number of phosphoric ester groups is 2. The Bertz CT molecular complexity index is 2030. The number of aromatic amines is 1. The van der Waals surface area contributed by atoms with E-state index >= 15 is 0 Å². The molecule has 0 radical (unpaired) electrons. The van der Waals surface area contributed by atoms with Crippen LogP contribution in [0.2, 0.25) is 0 Å². The second-order valence-corrected chi connectivity index (χ2v) is 13.0. The molecule has 2 aliphatic rings. The molecule has 2 bridgehead atoms. The molecule has 46 heavy (non-hydrogen) atoms. The summed E-state index contributed by atoms with van der Waals surface area (Å²) in [6.45, 7) is 1.73. The third kappa shape index (κ3) is 6.12. The van der Waals surface area contributed by atoms with Crippen LogP contribution in [0.3, 0.4) is 0 Å². The molecule has 22 nitrogen and oxygen atoms in total. The van der Waals surface area contributed by atoms with Crippen LogP contribution in [0.25, 0.3) is 28.0 Å². The molecule has 10 N–H and O–H groups in total. The van der Waals surface area contributed by atoms with Gasteiger partial charge in [0.2, 0.25) is 5.95 Å². The van der Waals surface area contributed by atoms with E-state index in [0.29, 0.717) is 0 Å². The van der Waals surface area contributed by atoms with E-state index in [2.05, 4.69) is 36.5 Å². The number of phosphoric acid groups is 2. The van der Waals surface area contributed by atoms with Gasteiger partial charge in [0.05, 0.1) is 25.0 Å². The molecule has 246 valence electrons. The van der Waals surface area contributed by atoms with Gasteiger partial charge < -0.3 is 36.5 Å². The largest absolute Gasteiger partial charge is 0.527 e. The average molecular weight is 683 g/mol. The minimum absolute atomic E-state index is 0.00222. The lowest BCUT2D eigenvalue weighted by atomic mass is 10.1. The fourth-order valence-electron chi connectivity index (χ4n) is 4.85. The van der Waals surface area contributed by atoms with Crippen molar-refractivity contribution in [2.24, 2.45) is 11.7 Å². The molecule has 1 saturated heterocycles. The van der Waals surface area contributed by atoms with Crippen molar-refractivity contribution < 1.29 is 46.9 Å². The van der Waals surface area contributed by atoms with Crippen LogP contribution in [0.4, 0.5) is 11.8 Å². The highest BCUT2D eigenvalue weighted by molar-refractivity contribution is 7.47. The van der Waals surface area contributed by atoms with Gasteiger partial charge in [0.1, 0.15) is 43.0 Å². The Labute approximate surface area is 256 Å². The molecule has 1 aliphatic carbocycles. The summed E-state index contributed by atoms with van der Waals surface area (Å²) >= 11 is 0. The molecule has 4 unspecified atom stereocenters. The smallest absolute Gasteiger partial charge is 0.471 e. The van der Waals surface area contributed by atoms with Crippen molar-refractivity contribution in [1.82, 2.24) is 39.0 Å². The van der Waals surface area contributed by atoms with Crippen molar-refractivity contribution >= 4 is 55.4 Å². The van der Waals surface area contributed by atoms with E-state index in [-0.39, 0.29) is 52.0 Å². The van der Waals surface area contributed by atoms with Crippen LogP contribution >= 0.6 is 15.6 Å². The second-order valence-electron chi connectivity index (χ2n) is 10.1. The molecule has 5 heterocycles. The predicted molar refractivity (Wildman–Crippen MR) is 155 cm³/mol. The topological polar surface area (TPSA) is 326 Å². The number of hydrogen-bond acceptors (Lipinski definition) is 17. The van der Waals surface area contributed by atoms with E-state index in [1.54, 1.807) is 0 Å². The van der Waals surface area contributed by atoms with Gasteiger partial charge in [-0.25, -0.2) is 29.1 Å². The zero-order chi connectivity index (χ0) is 33.0. The quantitative estimate of drug-likeness (QED) is 0.129. The van der Waals surface area contributed by atoms with E-state index in [9.17, 15) is 28.8 Å². The number of H-pyrrole nitrogens is 1. The molecule has 0 saturated carbocycles. The molecule has 1 fully saturated rings. The van der Waals surface area contributed by atoms with Crippen molar-refractivity contribution in [3.05, 3.63) is 47.4 Å². The monoisotopic (exact) mass is 683 g/mol. The van der Waals surface area contributed by atoms with Gasteiger partial charge in [-0.1, -0.05) is 6.58 Å². The minimum atomic E-state index is -5.05. The standard InChI is InChI=1S/C22H27N11O11P2/c1-9-3-40-46(38,39)44-16-12(32-7-29-14-19(32)30-22(25)31-20(14)35)2-10(15(16)34)4-41-45(36,37)42-5-11(23)21(43-9)33-8-28-13-17(24)26-6-27-18(13)33/h6-8,10-11,15,21,34H,1-5,23H2,(H,36,37)(H,38,39)(H2,24,26,27)(H3,25,30,31,35)/t10-,11?,15?,21-/m1/s1. The highest BCUT2D eigenvalue weighted by Crippen LogP contribution is 2.52. The SMILES string of the molecule is C=C1COP(=O)(O)OC2=C(n3cnc4c(=O)[nH]c(N)nc43)C[C@H](COP(=O)(O)OCC(N)[C@H](n3cnc4c(N)ncnc43)O1)C2O. The molecule has 6 rings (SSSR count). The third-order valence-electron chi connectivity index (χ3n) is 6.97. The number of fused-ring (bicyclic) bond motifs is 4. The zero-order valence-electron chi connectivity index (χ0n) is 23.4. The molecular weight excluding hydrogens is 656 g/mol. The Hall–Kier alpha value is -4.24. The molecular formula is C22H27N11O11P2. The number of aliphatic hydroxyl groups excluding tert-OH is 1. The fraction of sp³-hybridized carbons (Fsp3) is 0.364. The van der Waals surface area contributed by atoms with E-state index in [4.69, 9.17) is 40.0 Å².